The molecule has 0 spiro atoms. The van der Waals surface area contributed by atoms with Crippen LogP contribution in [0.25, 0.3) is 33.9 Å². The zero-order valence-corrected chi connectivity index (χ0v) is 17.9. The summed E-state index contributed by atoms with van der Waals surface area (Å²) in [6.07, 6.45) is 5.83. The van der Waals surface area contributed by atoms with Gasteiger partial charge in [-0.2, -0.15) is 0 Å². The third-order valence-corrected chi connectivity index (χ3v) is 6.43. The van der Waals surface area contributed by atoms with E-state index in [9.17, 15) is 0 Å². The standard InChI is InChI=1S/C22H20N6O3S/c1-2-7-17-15(6-1)16(11-23-17)20-25-27-22(28(20)12-14-5-3-9-29-14)32-13-19-24-26-21(31-19)18-8-4-10-30-18/h1-2,4,6-8,10-11,14,23H,3,5,9,12-13H2. The fraction of sp³-hybridized carbons (Fsp3) is 0.273. The monoisotopic (exact) mass is 448 g/mol. The van der Waals surface area contributed by atoms with E-state index < -0.39 is 0 Å². The first kappa shape index (κ1) is 19.3. The highest BCUT2D eigenvalue weighted by molar-refractivity contribution is 7.98. The minimum Gasteiger partial charge on any atom is -0.459 e. The molecule has 1 aliphatic heterocycles. The van der Waals surface area contributed by atoms with Crippen LogP contribution in [0.5, 0.6) is 0 Å². The lowest BCUT2D eigenvalue weighted by atomic mass is 10.1. The van der Waals surface area contributed by atoms with Crippen molar-refractivity contribution in [1.82, 2.24) is 29.9 Å². The summed E-state index contributed by atoms with van der Waals surface area (Å²) in [5, 5.41) is 19.1. The van der Waals surface area contributed by atoms with Crippen molar-refractivity contribution in [3.63, 3.8) is 0 Å². The highest BCUT2D eigenvalue weighted by Gasteiger charge is 2.23. The van der Waals surface area contributed by atoms with Crippen molar-refractivity contribution in [2.24, 2.45) is 0 Å². The highest BCUT2D eigenvalue weighted by atomic mass is 32.2. The quantitative estimate of drug-likeness (QED) is 0.362. The number of fused-ring (bicyclic) bond motifs is 1. The molecule has 5 aromatic rings. The van der Waals surface area contributed by atoms with Crippen LogP contribution >= 0.6 is 11.8 Å². The SMILES string of the molecule is c1coc(-c2nnc(CSc3nnc(-c4c[nH]c5ccccc45)n3CC3CCCO3)o2)c1. The number of aromatic nitrogens is 6. The third-order valence-electron chi connectivity index (χ3n) is 5.48. The first-order valence-corrected chi connectivity index (χ1v) is 11.4. The predicted octanol–water partition coefficient (Wildman–Crippen LogP) is 4.54. The van der Waals surface area contributed by atoms with Crippen LogP contribution in [0.15, 0.2) is 62.8 Å². The molecule has 5 heterocycles. The average Bonchev–Trinajstić information content (AvgIpc) is 3.64. The number of aromatic amines is 1. The topological polar surface area (TPSA) is 108 Å². The molecule has 32 heavy (non-hydrogen) atoms. The molecule has 0 amide bonds. The Morgan fingerprint density at radius 3 is 2.94 bits per heavy atom. The van der Waals surface area contributed by atoms with Gasteiger partial charge < -0.3 is 18.6 Å². The Kier molecular flexibility index (Phi) is 5.00. The molecule has 0 aliphatic carbocycles. The number of ether oxygens (including phenoxy) is 1. The van der Waals surface area contributed by atoms with Crippen molar-refractivity contribution >= 4 is 22.7 Å². The third kappa shape index (κ3) is 3.61. The van der Waals surface area contributed by atoms with E-state index in [-0.39, 0.29) is 6.10 Å². The summed E-state index contributed by atoms with van der Waals surface area (Å²) in [5.74, 6) is 2.72. The number of rotatable bonds is 7. The Morgan fingerprint density at radius 2 is 2.06 bits per heavy atom. The Morgan fingerprint density at radius 1 is 1.09 bits per heavy atom. The van der Waals surface area contributed by atoms with Gasteiger partial charge in [0.2, 0.25) is 5.89 Å². The summed E-state index contributed by atoms with van der Waals surface area (Å²) in [5.41, 5.74) is 2.09. The normalized spacial score (nSPS) is 16.3. The zero-order chi connectivity index (χ0) is 21.3. The Balaban J connectivity index is 1.30. The molecule has 10 heteroatoms. The lowest BCUT2D eigenvalue weighted by molar-refractivity contribution is 0.0953. The van der Waals surface area contributed by atoms with Gasteiger partial charge in [-0.25, -0.2) is 0 Å². The molecule has 162 valence electrons. The maximum absolute atomic E-state index is 5.90. The fourth-order valence-corrected chi connectivity index (χ4v) is 4.73. The summed E-state index contributed by atoms with van der Waals surface area (Å²) in [7, 11) is 0. The van der Waals surface area contributed by atoms with Crippen molar-refractivity contribution in [1.29, 1.82) is 0 Å². The minimum absolute atomic E-state index is 0.156. The summed E-state index contributed by atoms with van der Waals surface area (Å²) in [4.78, 5) is 3.33. The molecule has 4 aromatic heterocycles. The van der Waals surface area contributed by atoms with Gasteiger partial charge >= 0.3 is 0 Å². The number of nitrogens with zero attached hydrogens (tertiary/aromatic N) is 5. The van der Waals surface area contributed by atoms with Crippen molar-refractivity contribution in [3.8, 4) is 23.0 Å². The van der Waals surface area contributed by atoms with Crippen molar-refractivity contribution in [3.05, 3.63) is 54.7 Å². The van der Waals surface area contributed by atoms with Gasteiger partial charge in [-0.15, -0.1) is 20.4 Å². The highest BCUT2D eigenvalue weighted by Crippen LogP contribution is 2.32. The molecule has 6 rings (SSSR count). The van der Waals surface area contributed by atoms with Gasteiger partial charge in [0.1, 0.15) is 0 Å². The number of para-hydroxylation sites is 1. The van der Waals surface area contributed by atoms with Crippen LogP contribution in [0.2, 0.25) is 0 Å². The number of furan rings is 1. The van der Waals surface area contributed by atoms with Crippen LogP contribution in [0.1, 0.15) is 18.7 Å². The van der Waals surface area contributed by atoms with Crippen molar-refractivity contribution < 1.29 is 13.6 Å². The number of hydrogen-bond acceptors (Lipinski definition) is 8. The van der Waals surface area contributed by atoms with E-state index in [4.69, 9.17) is 13.6 Å². The van der Waals surface area contributed by atoms with Gasteiger partial charge in [-0.3, -0.25) is 4.57 Å². The van der Waals surface area contributed by atoms with Crippen molar-refractivity contribution in [2.45, 2.75) is 36.4 Å². The fourth-order valence-electron chi connectivity index (χ4n) is 3.95. The summed E-state index contributed by atoms with van der Waals surface area (Å²) >= 11 is 1.51. The lowest BCUT2D eigenvalue weighted by Crippen LogP contribution is -2.16. The molecule has 0 bridgehead atoms. The van der Waals surface area contributed by atoms with E-state index in [1.807, 2.05) is 18.3 Å². The van der Waals surface area contributed by atoms with Gasteiger partial charge in [0.25, 0.3) is 5.89 Å². The maximum Gasteiger partial charge on any atom is 0.283 e. The molecule has 1 fully saturated rings. The van der Waals surface area contributed by atoms with Gasteiger partial charge in [-0.05, 0) is 31.0 Å². The largest absolute Gasteiger partial charge is 0.459 e. The Bertz CT molecular complexity index is 1330. The van der Waals surface area contributed by atoms with E-state index in [0.717, 1.165) is 46.9 Å². The van der Waals surface area contributed by atoms with E-state index in [1.54, 1.807) is 18.4 Å². The van der Waals surface area contributed by atoms with Crippen LogP contribution < -0.4 is 0 Å². The molecule has 1 aliphatic rings. The smallest absolute Gasteiger partial charge is 0.283 e. The van der Waals surface area contributed by atoms with Crippen LogP contribution in [0.3, 0.4) is 0 Å². The van der Waals surface area contributed by atoms with E-state index >= 15 is 0 Å². The molecule has 1 N–H and O–H groups in total. The summed E-state index contributed by atoms with van der Waals surface area (Å²) in [6.45, 7) is 1.50. The second kappa shape index (κ2) is 8.29. The van der Waals surface area contributed by atoms with Gasteiger partial charge in [0.15, 0.2) is 16.7 Å². The first-order valence-electron chi connectivity index (χ1n) is 10.5. The number of nitrogens with one attached hydrogen (secondary N) is 1. The van der Waals surface area contributed by atoms with Crippen LogP contribution in [-0.4, -0.2) is 42.7 Å². The van der Waals surface area contributed by atoms with Crippen LogP contribution in [0, 0.1) is 0 Å². The number of hydrogen-bond donors (Lipinski definition) is 1. The number of thioether (sulfide) groups is 1. The summed E-state index contributed by atoms with van der Waals surface area (Å²) < 4.78 is 19.1. The first-order chi connectivity index (χ1) is 15.8. The maximum atomic E-state index is 5.90. The summed E-state index contributed by atoms with van der Waals surface area (Å²) in [6, 6.07) is 11.8. The average molecular weight is 449 g/mol. The second-order valence-electron chi connectivity index (χ2n) is 7.57. The molecule has 1 saturated heterocycles. The molecule has 1 unspecified atom stereocenters. The predicted molar refractivity (Wildman–Crippen MR) is 118 cm³/mol. The number of H-pyrrole nitrogens is 1. The molecule has 9 nitrogen and oxygen atoms in total. The zero-order valence-electron chi connectivity index (χ0n) is 17.1. The molecule has 1 atom stereocenters. The Labute approximate surface area is 187 Å². The van der Waals surface area contributed by atoms with E-state index in [2.05, 4.69) is 42.1 Å². The molecular weight excluding hydrogens is 428 g/mol. The molecule has 0 saturated carbocycles. The molecule has 0 radical (unpaired) electrons. The lowest BCUT2D eigenvalue weighted by Gasteiger charge is -2.14. The second-order valence-corrected chi connectivity index (χ2v) is 8.51. The van der Waals surface area contributed by atoms with E-state index in [1.165, 1.54) is 11.8 Å². The van der Waals surface area contributed by atoms with Crippen LogP contribution in [-0.2, 0) is 17.0 Å². The Hall–Kier alpha value is -3.37. The van der Waals surface area contributed by atoms with Gasteiger partial charge in [-0.1, -0.05) is 30.0 Å². The van der Waals surface area contributed by atoms with Crippen molar-refractivity contribution in [2.75, 3.05) is 6.61 Å². The molecule has 1 aromatic carbocycles. The molecular formula is C22H20N6O3S. The van der Waals surface area contributed by atoms with E-state index in [0.29, 0.717) is 29.8 Å². The van der Waals surface area contributed by atoms with Crippen LogP contribution in [0.4, 0.5) is 0 Å². The van der Waals surface area contributed by atoms with Gasteiger partial charge in [0.05, 0.1) is 24.7 Å². The van der Waals surface area contributed by atoms with Gasteiger partial charge in [0, 0.05) is 29.3 Å². The minimum atomic E-state index is 0.156. The number of benzene rings is 1.